The van der Waals surface area contributed by atoms with Crippen LogP contribution in [0, 0.1) is 11.8 Å². The van der Waals surface area contributed by atoms with Crippen LogP contribution in [0.1, 0.15) is 32.1 Å². The largest absolute Gasteiger partial charge is 0.469 e. The Morgan fingerprint density at radius 2 is 2.31 bits per heavy atom. The summed E-state index contributed by atoms with van der Waals surface area (Å²) in [6.07, 6.45) is 4.24. The van der Waals surface area contributed by atoms with Gasteiger partial charge in [0.1, 0.15) is 0 Å². The van der Waals surface area contributed by atoms with E-state index in [1.165, 1.54) is 7.11 Å². The fourth-order valence-electron chi connectivity index (χ4n) is 2.62. The first-order valence-electron chi connectivity index (χ1n) is 4.93. The van der Waals surface area contributed by atoms with E-state index in [2.05, 4.69) is 4.74 Å². The summed E-state index contributed by atoms with van der Waals surface area (Å²) in [5.74, 6) is 0.890. The topological polar surface area (TPSA) is 46.5 Å². The van der Waals surface area contributed by atoms with E-state index in [1.807, 2.05) is 0 Å². The molecule has 1 atom stereocenters. The van der Waals surface area contributed by atoms with Crippen LogP contribution in [-0.2, 0) is 9.53 Å². The van der Waals surface area contributed by atoms with Gasteiger partial charge in [-0.2, -0.15) is 0 Å². The molecule has 13 heavy (non-hydrogen) atoms. The zero-order valence-corrected chi connectivity index (χ0v) is 7.95. The predicted molar refractivity (Wildman–Crippen MR) is 47.0 cm³/mol. The molecule has 3 aliphatic rings. The van der Waals surface area contributed by atoms with Crippen molar-refractivity contribution in [3.8, 4) is 0 Å². The lowest BCUT2D eigenvalue weighted by molar-refractivity contribution is -0.161. The summed E-state index contributed by atoms with van der Waals surface area (Å²) in [4.78, 5) is 11.1. The zero-order chi connectivity index (χ0) is 9.47. The molecule has 0 radical (unpaired) electrons. The molecular weight excluding hydrogens is 168 g/mol. The molecule has 0 aromatic heterocycles. The van der Waals surface area contributed by atoms with E-state index >= 15 is 0 Å². The standard InChI is InChI=1S/C10H16O3/c1-13-9(11)6-10(12)3-2-7-4-8(10)5-7/h7-8,12H,2-6H2,1H3. The van der Waals surface area contributed by atoms with Crippen LogP contribution >= 0.6 is 0 Å². The second-order valence-electron chi connectivity index (χ2n) is 4.43. The molecule has 0 spiro atoms. The van der Waals surface area contributed by atoms with Crippen molar-refractivity contribution in [2.45, 2.75) is 37.7 Å². The summed E-state index contributed by atoms with van der Waals surface area (Å²) in [5.41, 5.74) is -0.748. The average molecular weight is 184 g/mol. The molecule has 3 rings (SSSR count). The summed E-state index contributed by atoms with van der Waals surface area (Å²) in [5, 5.41) is 10.2. The van der Waals surface area contributed by atoms with Crippen molar-refractivity contribution >= 4 is 5.97 Å². The molecule has 3 aliphatic carbocycles. The molecule has 3 heteroatoms. The van der Waals surface area contributed by atoms with E-state index in [0.29, 0.717) is 5.92 Å². The third kappa shape index (κ3) is 1.46. The number of carbonyl (C=O) groups excluding carboxylic acids is 1. The summed E-state index contributed by atoms with van der Waals surface area (Å²) in [7, 11) is 1.37. The van der Waals surface area contributed by atoms with Crippen LogP contribution in [-0.4, -0.2) is 23.8 Å². The fourth-order valence-corrected chi connectivity index (χ4v) is 2.62. The number of carbonyl (C=O) groups is 1. The van der Waals surface area contributed by atoms with Crippen LogP contribution in [0.25, 0.3) is 0 Å². The van der Waals surface area contributed by atoms with Gasteiger partial charge in [0.05, 0.1) is 19.1 Å². The van der Waals surface area contributed by atoms with E-state index < -0.39 is 5.60 Å². The Bertz CT molecular complexity index is 217. The Morgan fingerprint density at radius 1 is 1.62 bits per heavy atom. The smallest absolute Gasteiger partial charge is 0.308 e. The van der Waals surface area contributed by atoms with Crippen molar-refractivity contribution in [3.63, 3.8) is 0 Å². The van der Waals surface area contributed by atoms with Crippen LogP contribution in [0.3, 0.4) is 0 Å². The minimum Gasteiger partial charge on any atom is -0.469 e. The number of ether oxygens (including phenoxy) is 1. The van der Waals surface area contributed by atoms with E-state index in [0.717, 1.165) is 31.6 Å². The molecule has 0 amide bonds. The van der Waals surface area contributed by atoms with E-state index in [-0.39, 0.29) is 12.4 Å². The second kappa shape index (κ2) is 2.98. The number of hydrogen-bond donors (Lipinski definition) is 1. The fraction of sp³-hybridized carbons (Fsp3) is 0.900. The molecular formula is C10H16O3. The van der Waals surface area contributed by atoms with Crippen LogP contribution in [0.15, 0.2) is 0 Å². The number of rotatable bonds is 2. The minimum atomic E-state index is -0.748. The van der Waals surface area contributed by atoms with Gasteiger partial charge in [0, 0.05) is 0 Å². The van der Waals surface area contributed by atoms with Gasteiger partial charge < -0.3 is 9.84 Å². The Balaban J connectivity index is 1.98. The SMILES string of the molecule is COC(=O)CC1(O)CCC2CC1C2. The van der Waals surface area contributed by atoms with Crippen molar-refractivity contribution in [2.75, 3.05) is 7.11 Å². The summed E-state index contributed by atoms with van der Waals surface area (Å²) >= 11 is 0. The zero-order valence-electron chi connectivity index (χ0n) is 7.95. The Labute approximate surface area is 78.1 Å². The highest BCUT2D eigenvalue weighted by Crippen LogP contribution is 2.52. The van der Waals surface area contributed by atoms with Crippen molar-refractivity contribution < 1.29 is 14.6 Å². The molecule has 3 saturated carbocycles. The van der Waals surface area contributed by atoms with Gasteiger partial charge in [0.25, 0.3) is 0 Å². The number of methoxy groups -OCH3 is 1. The normalized spacial score (nSPS) is 42.3. The van der Waals surface area contributed by atoms with Crippen molar-refractivity contribution in [1.29, 1.82) is 0 Å². The van der Waals surface area contributed by atoms with Gasteiger partial charge >= 0.3 is 5.97 Å². The maximum atomic E-state index is 11.1. The summed E-state index contributed by atoms with van der Waals surface area (Å²) in [6.45, 7) is 0. The molecule has 1 N–H and O–H groups in total. The molecule has 3 fully saturated rings. The molecule has 1 unspecified atom stereocenters. The van der Waals surface area contributed by atoms with Gasteiger partial charge in [-0.15, -0.1) is 0 Å². The van der Waals surface area contributed by atoms with Gasteiger partial charge in [-0.05, 0) is 37.5 Å². The van der Waals surface area contributed by atoms with Crippen molar-refractivity contribution in [2.24, 2.45) is 11.8 Å². The van der Waals surface area contributed by atoms with E-state index in [4.69, 9.17) is 0 Å². The first-order chi connectivity index (χ1) is 6.14. The maximum Gasteiger partial charge on any atom is 0.308 e. The third-order valence-electron chi connectivity index (χ3n) is 3.66. The molecule has 0 aliphatic heterocycles. The van der Waals surface area contributed by atoms with Gasteiger partial charge in [0.2, 0.25) is 0 Å². The van der Waals surface area contributed by atoms with Crippen LogP contribution < -0.4 is 0 Å². The van der Waals surface area contributed by atoms with Crippen molar-refractivity contribution in [3.05, 3.63) is 0 Å². The molecule has 0 heterocycles. The molecule has 0 aromatic carbocycles. The second-order valence-corrected chi connectivity index (χ2v) is 4.43. The maximum absolute atomic E-state index is 11.1. The number of fused-ring (bicyclic) bond motifs is 2. The Hall–Kier alpha value is -0.570. The predicted octanol–water partition coefficient (Wildman–Crippen LogP) is 1.10. The number of esters is 1. The Morgan fingerprint density at radius 3 is 2.77 bits per heavy atom. The van der Waals surface area contributed by atoms with E-state index in [9.17, 15) is 9.90 Å². The van der Waals surface area contributed by atoms with Gasteiger partial charge in [-0.1, -0.05) is 0 Å². The monoisotopic (exact) mass is 184 g/mol. The van der Waals surface area contributed by atoms with Crippen LogP contribution in [0.2, 0.25) is 0 Å². The van der Waals surface area contributed by atoms with Gasteiger partial charge in [0.15, 0.2) is 0 Å². The lowest BCUT2D eigenvalue weighted by Crippen LogP contribution is -2.51. The highest BCUT2D eigenvalue weighted by atomic mass is 16.5. The average Bonchev–Trinajstić information content (AvgIpc) is 2.01. The molecule has 0 aromatic rings. The summed E-state index contributed by atoms with van der Waals surface area (Å²) in [6, 6.07) is 0. The molecule has 74 valence electrons. The lowest BCUT2D eigenvalue weighted by Gasteiger charge is -2.51. The van der Waals surface area contributed by atoms with E-state index in [1.54, 1.807) is 0 Å². The highest BCUT2D eigenvalue weighted by molar-refractivity contribution is 5.70. The van der Waals surface area contributed by atoms with Gasteiger partial charge in [-0.25, -0.2) is 0 Å². The summed E-state index contributed by atoms with van der Waals surface area (Å²) < 4.78 is 4.58. The molecule has 2 bridgehead atoms. The first kappa shape index (κ1) is 9.00. The number of hydrogen-bond acceptors (Lipinski definition) is 3. The van der Waals surface area contributed by atoms with Crippen LogP contribution in [0.4, 0.5) is 0 Å². The third-order valence-corrected chi connectivity index (χ3v) is 3.66. The number of aliphatic hydroxyl groups is 1. The van der Waals surface area contributed by atoms with Gasteiger partial charge in [-0.3, -0.25) is 4.79 Å². The Kier molecular flexibility index (Phi) is 2.06. The quantitative estimate of drug-likeness (QED) is 0.654. The lowest BCUT2D eigenvalue weighted by atomic mass is 9.57. The highest BCUT2D eigenvalue weighted by Gasteiger charge is 2.50. The minimum absolute atomic E-state index is 0.181. The van der Waals surface area contributed by atoms with Crippen molar-refractivity contribution in [1.82, 2.24) is 0 Å². The molecule has 3 nitrogen and oxygen atoms in total. The van der Waals surface area contributed by atoms with Crippen LogP contribution in [0.5, 0.6) is 0 Å². The first-order valence-corrected chi connectivity index (χ1v) is 4.93. The molecule has 0 saturated heterocycles.